The first kappa shape index (κ1) is 20.5. The van der Waals surface area contributed by atoms with Crippen LogP contribution in [-0.4, -0.2) is 30.1 Å². The summed E-state index contributed by atoms with van der Waals surface area (Å²) in [6.07, 6.45) is 0.825. The molecule has 34 heavy (non-hydrogen) atoms. The van der Waals surface area contributed by atoms with Gasteiger partial charge in [-0.3, -0.25) is 9.59 Å². The Morgan fingerprint density at radius 2 is 1.62 bits per heavy atom. The lowest BCUT2D eigenvalue weighted by molar-refractivity contribution is -0.120. The normalized spacial score (nSPS) is 17.0. The summed E-state index contributed by atoms with van der Waals surface area (Å²) in [5.74, 6) is 0.521. The average Bonchev–Trinajstić information content (AvgIpc) is 3.40. The molecular formula is C28H24N2O4. The molecule has 6 rings (SSSR count). The number of aryl methyl sites for hydroxylation is 2. The molecule has 0 N–H and O–H groups in total. The third-order valence-corrected chi connectivity index (χ3v) is 6.77. The van der Waals surface area contributed by atoms with Gasteiger partial charge in [0.1, 0.15) is 5.70 Å². The van der Waals surface area contributed by atoms with Gasteiger partial charge in [0.2, 0.25) is 6.79 Å². The van der Waals surface area contributed by atoms with Crippen molar-refractivity contribution in [2.24, 2.45) is 0 Å². The lowest BCUT2D eigenvalue weighted by atomic mass is 9.95. The van der Waals surface area contributed by atoms with E-state index in [2.05, 4.69) is 17.0 Å². The molecule has 0 atom stereocenters. The predicted octanol–water partition coefficient (Wildman–Crippen LogP) is 4.37. The molecule has 6 heteroatoms. The van der Waals surface area contributed by atoms with Gasteiger partial charge in [-0.2, -0.15) is 0 Å². The average molecular weight is 453 g/mol. The van der Waals surface area contributed by atoms with Crippen molar-refractivity contribution in [3.05, 3.63) is 94.2 Å². The Morgan fingerprint density at radius 3 is 2.44 bits per heavy atom. The number of amides is 2. The van der Waals surface area contributed by atoms with Gasteiger partial charge in [0, 0.05) is 19.2 Å². The molecule has 3 aliphatic rings. The van der Waals surface area contributed by atoms with Crippen LogP contribution in [0.4, 0.5) is 5.69 Å². The van der Waals surface area contributed by atoms with Crippen LogP contribution in [0.25, 0.3) is 5.57 Å². The number of carbonyl (C=O) groups is 2. The Balaban J connectivity index is 1.48. The van der Waals surface area contributed by atoms with Crippen LogP contribution in [-0.2, 0) is 22.6 Å². The van der Waals surface area contributed by atoms with E-state index in [1.165, 1.54) is 16.0 Å². The number of benzene rings is 3. The highest BCUT2D eigenvalue weighted by Crippen LogP contribution is 2.41. The molecule has 0 saturated carbocycles. The monoisotopic (exact) mass is 452 g/mol. The standard InChI is InChI=1S/C28H24N2O4/c1-17-7-9-22(18(2)13-17)25-26(29-12-11-19-5-3-4-6-20(19)15-29)28(32)30(27(25)31)21-8-10-23-24(14-21)34-16-33-23/h3-10,13-14H,11-12,15-16H2,1-2H3. The number of nitrogens with zero attached hydrogens (tertiary/aromatic N) is 2. The highest BCUT2D eigenvalue weighted by Gasteiger charge is 2.43. The van der Waals surface area contributed by atoms with Gasteiger partial charge < -0.3 is 14.4 Å². The van der Waals surface area contributed by atoms with Crippen molar-refractivity contribution < 1.29 is 19.1 Å². The number of anilines is 1. The van der Waals surface area contributed by atoms with Gasteiger partial charge in [0.25, 0.3) is 11.8 Å². The molecule has 0 unspecified atom stereocenters. The third kappa shape index (κ3) is 3.17. The van der Waals surface area contributed by atoms with Gasteiger partial charge in [-0.1, -0.05) is 48.0 Å². The molecule has 170 valence electrons. The van der Waals surface area contributed by atoms with E-state index in [-0.39, 0.29) is 18.6 Å². The van der Waals surface area contributed by atoms with Crippen LogP contribution in [0.1, 0.15) is 27.8 Å². The number of fused-ring (bicyclic) bond motifs is 2. The van der Waals surface area contributed by atoms with Crippen molar-refractivity contribution in [3.63, 3.8) is 0 Å². The molecule has 0 aromatic heterocycles. The Kier molecular flexibility index (Phi) is 4.69. The van der Waals surface area contributed by atoms with Crippen molar-refractivity contribution in [2.45, 2.75) is 26.8 Å². The minimum Gasteiger partial charge on any atom is -0.454 e. The summed E-state index contributed by atoms with van der Waals surface area (Å²) in [7, 11) is 0. The fourth-order valence-electron chi connectivity index (χ4n) is 5.09. The van der Waals surface area contributed by atoms with Crippen LogP contribution in [0.2, 0.25) is 0 Å². The van der Waals surface area contributed by atoms with Gasteiger partial charge in [-0.05, 0) is 54.7 Å². The summed E-state index contributed by atoms with van der Waals surface area (Å²) in [5.41, 5.74) is 6.75. The Bertz CT molecular complexity index is 1390. The van der Waals surface area contributed by atoms with Gasteiger partial charge >= 0.3 is 0 Å². The van der Waals surface area contributed by atoms with Crippen LogP contribution in [0.15, 0.2) is 66.4 Å². The maximum absolute atomic E-state index is 13.9. The van der Waals surface area contributed by atoms with E-state index < -0.39 is 0 Å². The van der Waals surface area contributed by atoms with E-state index in [1.54, 1.807) is 18.2 Å². The number of hydrogen-bond acceptors (Lipinski definition) is 5. The van der Waals surface area contributed by atoms with Crippen LogP contribution in [0.5, 0.6) is 11.5 Å². The van der Waals surface area contributed by atoms with Crippen molar-refractivity contribution in [2.75, 3.05) is 18.2 Å². The predicted molar refractivity (Wildman–Crippen MR) is 128 cm³/mol. The topological polar surface area (TPSA) is 59.1 Å². The maximum Gasteiger partial charge on any atom is 0.282 e. The highest BCUT2D eigenvalue weighted by atomic mass is 16.7. The molecule has 0 fully saturated rings. The number of ether oxygens (including phenoxy) is 2. The van der Waals surface area contributed by atoms with E-state index in [4.69, 9.17) is 9.47 Å². The summed E-state index contributed by atoms with van der Waals surface area (Å²) in [5, 5.41) is 0. The van der Waals surface area contributed by atoms with Crippen LogP contribution in [0, 0.1) is 13.8 Å². The minimum atomic E-state index is -0.315. The summed E-state index contributed by atoms with van der Waals surface area (Å²) < 4.78 is 10.9. The first-order chi connectivity index (χ1) is 16.5. The zero-order valence-electron chi connectivity index (χ0n) is 19.1. The highest BCUT2D eigenvalue weighted by molar-refractivity contribution is 6.45. The second-order valence-corrected chi connectivity index (χ2v) is 8.97. The van der Waals surface area contributed by atoms with Crippen molar-refractivity contribution in [1.29, 1.82) is 0 Å². The number of imide groups is 1. The van der Waals surface area contributed by atoms with Gasteiger partial charge in [0.05, 0.1) is 11.3 Å². The molecular weight excluding hydrogens is 428 g/mol. The molecule has 3 aliphatic heterocycles. The first-order valence-electron chi connectivity index (χ1n) is 11.4. The molecule has 3 aromatic rings. The van der Waals surface area contributed by atoms with Gasteiger partial charge in [0.15, 0.2) is 11.5 Å². The minimum absolute atomic E-state index is 0.130. The van der Waals surface area contributed by atoms with E-state index in [1.807, 2.05) is 44.2 Å². The fraction of sp³-hybridized carbons (Fsp3) is 0.214. The largest absolute Gasteiger partial charge is 0.454 e. The molecule has 6 nitrogen and oxygen atoms in total. The fourth-order valence-corrected chi connectivity index (χ4v) is 5.09. The lowest BCUT2D eigenvalue weighted by Gasteiger charge is -2.31. The third-order valence-electron chi connectivity index (χ3n) is 6.77. The van der Waals surface area contributed by atoms with Gasteiger partial charge in [-0.25, -0.2) is 4.90 Å². The first-order valence-corrected chi connectivity index (χ1v) is 11.4. The zero-order valence-corrected chi connectivity index (χ0v) is 19.1. The van der Waals surface area contributed by atoms with Crippen molar-refractivity contribution >= 4 is 23.1 Å². The van der Waals surface area contributed by atoms with Crippen molar-refractivity contribution in [3.8, 4) is 11.5 Å². The summed E-state index contributed by atoms with van der Waals surface area (Å²) >= 11 is 0. The number of carbonyl (C=O) groups excluding carboxylic acids is 2. The molecule has 0 spiro atoms. The smallest absolute Gasteiger partial charge is 0.282 e. The second kappa shape index (κ2) is 7.76. The summed E-state index contributed by atoms with van der Waals surface area (Å²) in [4.78, 5) is 31.2. The molecule has 0 aliphatic carbocycles. The van der Waals surface area contributed by atoms with E-state index in [0.717, 1.165) is 23.1 Å². The molecule has 3 heterocycles. The molecule has 2 amide bonds. The molecule has 0 bridgehead atoms. The van der Waals surface area contributed by atoms with Gasteiger partial charge in [-0.15, -0.1) is 0 Å². The van der Waals surface area contributed by atoms with E-state index >= 15 is 0 Å². The Hall–Kier alpha value is -4.06. The summed E-state index contributed by atoms with van der Waals surface area (Å²) in [6, 6.07) is 19.4. The molecule has 0 radical (unpaired) electrons. The zero-order chi connectivity index (χ0) is 23.4. The summed E-state index contributed by atoms with van der Waals surface area (Å²) in [6.45, 7) is 5.40. The SMILES string of the molecule is Cc1ccc(C2=C(N3CCc4ccccc4C3)C(=O)N(c3ccc4c(c3)OCO4)C2=O)c(C)c1. The molecule has 3 aromatic carbocycles. The lowest BCUT2D eigenvalue weighted by Crippen LogP contribution is -2.37. The van der Waals surface area contributed by atoms with E-state index in [0.29, 0.717) is 41.5 Å². The number of rotatable bonds is 3. The van der Waals surface area contributed by atoms with E-state index in [9.17, 15) is 9.59 Å². The van der Waals surface area contributed by atoms with Crippen LogP contribution >= 0.6 is 0 Å². The molecule has 0 saturated heterocycles. The quantitative estimate of drug-likeness (QED) is 0.552. The van der Waals surface area contributed by atoms with Crippen LogP contribution in [0.3, 0.4) is 0 Å². The second-order valence-electron chi connectivity index (χ2n) is 8.97. The van der Waals surface area contributed by atoms with Crippen molar-refractivity contribution in [1.82, 2.24) is 4.90 Å². The Morgan fingerprint density at radius 1 is 0.824 bits per heavy atom. The maximum atomic E-state index is 13.9. The number of hydrogen-bond donors (Lipinski definition) is 0. The van der Waals surface area contributed by atoms with Crippen LogP contribution < -0.4 is 14.4 Å². The Labute approximate surface area is 198 Å².